The van der Waals surface area contributed by atoms with Gasteiger partial charge in [0.2, 0.25) is 0 Å². The Morgan fingerprint density at radius 2 is 2.00 bits per heavy atom. The van der Waals surface area contributed by atoms with E-state index >= 15 is 0 Å². The Bertz CT molecular complexity index is 827. The van der Waals surface area contributed by atoms with Gasteiger partial charge < -0.3 is 20.3 Å². The second kappa shape index (κ2) is 10.6. The average Bonchev–Trinajstić information content (AvgIpc) is 3.07. The Labute approximate surface area is 178 Å². The first-order valence-electron chi connectivity index (χ1n) is 10.1. The van der Waals surface area contributed by atoms with E-state index in [-0.39, 0.29) is 6.04 Å². The zero-order chi connectivity index (χ0) is 22.1. The smallest absolute Gasteiger partial charge is 0.408 e. The van der Waals surface area contributed by atoms with E-state index in [4.69, 9.17) is 9.73 Å². The molecule has 9 nitrogen and oxygen atoms in total. The van der Waals surface area contributed by atoms with Crippen molar-refractivity contribution in [3.05, 3.63) is 48.0 Å². The van der Waals surface area contributed by atoms with Gasteiger partial charge in [-0.05, 0) is 33.3 Å². The van der Waals surface area contributed by atoms with Crippen LogP contribution in [0.15, 0.2) is 41.7 Å². The molecule has 0 aliphatic heterocycles. The van der Waals surface area contributed by atoms with E-state index in [9.17, 15) is 4.79 Å². The number of aromatic nitrogens is 3. The van der Waals surface area contributed by atoms with Crippen molar-refractivity contribution in [3.63, 3.8) is 0 Å². The monoisotopic (exact) mass is 415 g/mol. The lowest BCUT2D eigenvalue weighted by molar-refractivity contribution is 0.0505. The first-order valence-corrected chi connectivity index (χ1v) is 10.1. The van der Waals surface area contributed by atoms with Gasteiger partial charge in [-0.25, -0.2) is 9.78 Å². The molecule has 30 heavy (non-hydrogen) atoms. The quantitative estimate of drug-likeness (QED) is 0.533. The predicted molar refractivity (Wildman–Crippen MR) is 117 cm³/mol. The van der Waals surface area contributed by atoms with Gasteiger partial charge >= 0.3 is 6.09 Å². The molecule has 164 valence electrons. The second-order valence-corrected chi connectivity index (χ2v) is 7.96. The third kappa shape index (κ3) is 7.38. The number of benzene rings is 1. The van der Waals surface area contributed by atoms with Crippen LogP contribution in [0.5, 0.6) is 0 Å². The van der Waals surface area contributed by atoms with Crippen LogP contribution in [0.1, 0.15) is 45.1 Å². The second-order valence-electron chi connectivity index (χ2n) is 7.96. The molecule has 1 unspecified atom stereocenters. The molecule has 1 aromatic carbocycles. The van der Waals surface area contributed by atoms with E-state index in [1.807, 2.05) is 77.0 Å². The van der Waals surface area contributed by atoms with Gasteiger partial charge in [-0.1, -0.05) is 30.3 Å². The summed E-state index contributed by atoms with van der Waals surface area (Å²) in [6.45, 7) is 9.16. The Balaban J connectivity index is 2.17. The van der Waals surface area contributed by atoms with Crippen LogP contribution in [-0.2, 0) is 18.3 Å². The summed E-state index contributed by atoms with van der Waals surface area (Å²) in [5.74, 6) is 1.54. The standard InChI is InChI=1S/C21H33N7O2/c1-7-22-19(27(5)14-18-24-15-25-28(18)6)23-13-17(16-11-9-8-10-12-16)26-20(29)30-21(2,3)4/h8-12,15,17H,7,13-14H2,1-6H3,(H,22,23)(H,26,29). The molecule has 1 amide bonds. The number of aryl methyl sites for hydroxylation is 1. The van der Waals surface area contributed by atoms with Crippen molar-refractivity contribution in [1.29, 1.82) is 0 Å². The van der Waals surface area contributed by atoms with Crippen LogP contribution in [0, 0.1) is 0 Å². The number of alkyl carbamates (subject to hydrolysis) is 1. The van der Waals surface area contributed by atoms with Gasteiger partial charge in [-0.2, -0.15) is 5.10 Å². The summed E-state index contributed by atoms with van der Waals surface area (Å²) in [7, 11) is 3.80. The number of nitrogens with zero attached hydrogens (tertiary/aromatic N) is 5. The lowest BCUT2D eigenvalue weighted by atomic mass is 10.1. The topological polar surface area (TPSA) is 96.7 Å². The molecule has 0 fully saturated rings. The third-order valence-electron chi connectivity index (χ3n) is 4.20. The molecule has 0 bridgehead atoms. The molecule has 2 aromatic rings. The Kier molecular flexibility index (Phi) is 8.20. The maximum Gasteiger partial charge on any atom is 0.408 e. The SMILES string of the molecule is CCNC(=NCC(NC(=O)OC(C)(C)C)c1ccccc1)N(C)Cc1ncnn1C. The highest BCUT2D eigenvalue weighted by Crippen LogP contribution is 2.15. The average molecular weight is 416 g/mol. The molecule has 0 saturated heterocycles. The number of rotatable bonds is 7. The molecule has 1 heterocycles. The zero-order valence-electron chi connectivity index (χ0n) is 18.7. The van der Waals surface area contributed by atoms with Gasteiger partial charge in [0.15, 0.2) is 5.96 Å². The van der Waals surface area contributed by atoms with E-state index in [0.717, 1.165) is 17.9 Å². The molecule has 0 aliphatic carbocycles. The minimum atomic E-state index is -0.570. The fourth-order valence-corrected chi connectivity index (χ4v) is 2.77. The lowest BCUT2D eigenvalue weighted by Crippen LogP contribution is -2.40. The van der Waals surface area contributed by atoms with Gasteiger partial charge in [0.25, 0.3) is 0 Å². The number of nitrogens with one attached hydrogen (secondary N) is 2. The molecular weight excluding hydrogens is 382 g/mol. The highest BCUT2D eigenvalue weighted by Gasteiger charge is 2.21. The first-order chi connectivity index (χ1) is 14.2. The summed E-state index contributed by atoms with van der Waals surface area (Å²) < 4.78 is 7.17. The lowest BCUT2D eigenvalue weighted by Gasteiger charge is -2.25. The molecule has 0 spiro atoms. The van der Waals surface area contributed by atoms with Crippen LogP contribution >= 0.6 is 0 Å². The number of aliphatic imine (C=N–C) groups is 1. The summed E-state index contributed by atoms with van der Waals surface area (Å²) >= 11 is 0. The molecule has 0 aliphatic rings. The van der Waals surface area contributed by atoms with Crippen molar-refractivity contribution in [2.45, 2.75) is 45.9 Å². The summed E-state index contributed by atoms with van der Waals surface area (Å²) in [4.78, 5) is 23.4. The highest BCUT2D eigenvalue weighted by molar-refractivity contribution is 5.79. The number of carbonyl (C=O) groups excluding carboxylic acids is 1. The van der Waals surface area contributed by atoms with Crippen molar-refractivity contribution in [1.82, 2.24) is 30.3 Å². The summed E-state index contributed by atoms with van der Waals surface area (Å²) in [6.07, 6.45) is 1.06. The molecule has 2 rings (SSSR count). The zero-order valence-corrected chi connectivity index (χ0v) is 18.7. The van der Waals surface area contributed by atoms with Gasteiger partial charge in [0, 0.05) is 20.6 Å². The Hall–Kier alpha value is -3.10. The minimum absolute atomic E-state index is 0.321. The number of ether oxygens (including phenoxy) is 1. The normalized spacial score (nSPS) is 12.9. The molecule has 1 aromatic heterocycles. The van der Waals surface area contributed by atoms with Crippen molar-refractivity contribution in [3.8, 4) is 0 Å². The van der Waals surface area contributed by atoms with Gasteiger partial charge in [0.1, 0.15) is 17.8 Å². The number of hydrogen-bond acceptors (Lipinski definition) is 5. The molecule has 0 saturated carbocycles. The maximum atomic E-state index is 12.4. The van der Waals surface area contributed by atoms with E-state index in [0.29, 0.717) is 19.0 Å². The van der Waals surface area contributed by atoms with E-state index in [1.54, 1.807) is 4.68 Å². The summed E-state index contributed by atoms with van der Waals surface area (Å²) in [5, 5.41) is 10.3. The number of hydrogen-bond donors (Lipinski definition) is 2. The molecule has 2 N–H and O–H groups in total. The van der Waals surface area contributed by atoms with Crippen LogP contribution in [0.2, 0.25) is 0 Å². The van der Waals surface area contributed by atoms with Crippen LogP contribution in [0.4, 0.5) is 4.79 Å². The van der Waals surface area contributed by atoms with Crippen LogP contribution < -0.4 is 10.6 Å². The number of carbonyl (C=O) groups is 1. The fraction of sp³-hybridized carbons (Fsp3) is 0.524. The van der Waals surface area contributed by atoms with Crippen molar-refractivity contribution >= 4 is 12.1 Å². The maximum absolute atomic E-state index is 12.4. The number of guanidine groups is 1. The minimum Gasteiger partial charge on any atom is -0.444 e. The summed E-state index contributed by atoms with van der Waals surface area (Å²) in [6, 6.07) is 9.43. The van der Waals surface area contributed by atoms with Gasteiger partial charge in [-0.15, -0.1) is 0 Å². The van der Waals surface area contributed by atoms with Crippen LogP contribution in [0.25, 0.3) is 0 Å². The van der Waals surface area contributed by atoms with E-state index in [2.05, 4.69) is 20.7 Å². The van der Waals surface area contributed by atoms with Crippen molar-refractivity contribution in [2.75, 3.05) is 20.1 Å². The fourth-order valence-electron chi connectivity index (χ4n) is 2.77. The first kappa shape index (κ1) is 23.2. The number of amides is 1. The van der Waals surface area contributed by atoms with Crippen LogP contribution in [-0.4, -0.2) is 57.5 Å². The van der Waals surface area contributed by atoms with E-state index < -0.39 is 11.7 Å². The van der Waals surface area contributed by atoms with Crippen molar-refractivity contribution < 1.29 is 9.53 Å². The molecule has 0 radical (unpaired) electrons. The van der Waals surface area contributed by atoms with E-state index in [1.165, 1.54) is 6.33 Å². The predicted octanol–water partition coefficient (Wildman–Crippen LogP) is 2.48. The Morgan fingerprint density at radius 1 is 1.30 bits per heavy atom. The molecular formula is C21H33N7O2. The molecule has 9 heteroatoms. The van der Waals surface area contributed by atoms with Crippen molar-refractivity contribution in [2.24, 2.45) is 12.0 Å². The van der Waals surface area contributed by atoms with Crippen LogP contribution in [0.3, 0.4) is 0 Å². The van der Waals surface area contributed by atoms with Gasteiger partial charge in [-0.3, -0.25) is 9.67 Å². The molecule has 1 atom stereocenters. The third-order valence-corrected chi connectivity index (χ3v) is 4.20. The summed E-state index contributed by atoms with van der Waals surface area (Å²) in [5.41, 5.74) is 0.388. The largest absolute Gasteiger partial charge is 0.444 e. The highest BCUT2D eigenvalue weighted by atomic mass is 16.6. The Morgan fingerprint density at radius 3 is 2.57 bits per heavy atom. The van der Waals surface area contributed by atoms with Gasteiger partial charge in [0.05, 0.1) is 19.1 Å².